The summed E-state index contributed by atoms with van der Waals surface area (Å²) in [5, 5.41) is 11.6. The number of allylic oxidation sites excluding steroid dienone is 4. The number of furan rings is 1. The first kappa shape index (κ1) is 29.7. The van der Waals surface area contributed by atoms with Crippen molar-refractivity contribution in [2.45, 2.75) is 63.4 Å². The standard InChI is InChI=1S/C32H31Cl2FO6S/c1-30-9-7-19(36)13-18(30)5-6-20-21-8-10-32(31(21,2)15-25(37)27(20)30,41-28(38)26-4-3-11-40-26)29(39)42-16-17-12-24(35)23(34)14-22(17)33/h3-4,7,9,11-14,20-21,25,27,37H,5-6,8,10,15-16H2,1-2H3/t20?,21?,25-,27?,30?,31?,32-/m0/s1. The van der Waals surface area contributed by atoms with Gasteiger partial charge in [-0.2, -0.15) is 0 Å². The molecule has 3 fully saturated rings. The van der Waals surface area contributed by atoms with Crippen LogP contribution in [0.4, 0.5) is 4.39 Å². The van der Waals surface area contributed by atoms with Crippen LogP contribution in [0.3, 0.4) is 0 Å². The van der Waals surface area contributed by atoms with Crippen molar-refractivity contribution in [3.05, 3.63) is 81.5 Å². The Labute approximate surface area is 257 Å². The number of rotatable bonds is 5. The van der Waals surface area contributed by atoms with Crippen molar-refractivity contribution in [2.75, 3.05) is 0 Å². The molecule has 6 nitrogen and oxygen atoms in total. The van der Waals surface area contributed by atoms with Crippen molar-refractivity contribution in [1.82, 2.24) is 0 Å². The normalized spacial score (nSPS) is 35.2. The lowest BCUT2D eigenvalue weighted by molar-refractivity contribution is -0.171. The number of aliphatic hydroxyl groups is 1. The van der Waals surface area contributed by atoms with Gasteiger partial charge in [0.25, 0.3) is 0 Å². The first-order chi connectivity index (χ1) is 19.9. The molecule has 6 rings (SSSR count). The van der Waals surface area contributed by atoms with Crippen molar-refractivity contribution in [3.63, 3.8) is 0 Å². The van der Waals surface area contributed by atoms with Crippen LogP contribution in [-0.4, -0.2) is 33.7 Å². The second-order valence-electron chi connectivity index (χ2n) is 12.4. The maximum atomic E-state index is 14.3. The van der Waals surface area contributed by atoms with E-state index in [0.29, 0.717) is 12.0 Å². The smallest absolute Gasteiger partial charge is 0.375 e. The third-order valence-corrected chi connectivity index (χ3v) is 12.1. The summed E-state index contributed by atoms with van der Waals surface area (Å²) >= 11 is 13.1. The van der Waals surface area contributed by atoms with Crippen molar-refractivity contribution in [3.8, 4) is 0 Å². The van der Waals surface area contributed by atoms with Gasteiger partial charge in [0.15, 0.2) is 11.4 Å². The zero-order valence-corrected chi connectivity index (χ0v) is 25.5. The van der Waals surface area contributed by atoms with E-state index in [9.17, 15) is 23.9 Å². The third-order valence-electron chi connectivity index (χ3n) is 10.4. The first-order valence-electron chi connectivity index (χ1n) is 14.1. The van der Waals surface area contributed by atoms with Gasteiger partial charge in [0.2, 0.25) is 10.9 Å². The van der Waals surface area contributed by atoms with E-state index in [-0.39, 0.29) is 63.1 Å². The fourth-order valence-electron chi connectivity index (χ4n) is 8.40. The molecule has 7 atom stereocenters. The molecule has 42 heavy (non-hydrogen) atoms. The molecular formula is C32H31Cl2FO6S. The zero-order valence-electron chi connectivity index (χ0n) is 23.2. The molecule has 0 amide bonds. The summed E-state index contributed by atoms with van der Waals surface area (Å²) in [6.45, 7) is 4.03. The highest BCUT2D eigenvalue weighted by molar-refractivity contribution is 8.13. The van der Waals surface area contributed by atoms with Gasteiger partial charge >= 0.3 is 5.97 Å². The lowest BCUT2D eigenvalue weighted by Crippen LogP contribution is -2.62. The van der Waals surface area contributed by atoms with Crippen LogP contribution >= 0.6 is 35.0 Å². The Balaban J connectivity index is 1.36. The number of benzene rings is 1. The number of ether oxygens (including phenoxy) is 1. The molecule has 0 aliphatic heterocycles. The van der Waals surface area contributed by atoms with E-state index < -0.39 is 34.3 Å². The van der Waals surface area contributed by atoms with Gasteiger partial charge in [-0.05, 0) is 85.9 Å². The number of hydrogen-bond donors (Lipinski definition) is 1. The van der Waals surface area contributed by atoms with Crippen LogP contribution in [0.2, 0.25) is 10.0 Å². The number of fused-ring (bicyclic) bond motifs is 5. The Hall–Kier alpha value is -2.39. The summed E-state index contributed by atoms with van der Waals surface area (Å²) in [5.74, 6) is -1.53. The molecule has 2 aromatic rings. The van der Waals surface area contributed by atoms with Crippen LogP contribution in [0.15, 0.2) is 58.7 Å². The third kappa shape index (κ3) is 4.52. The average Bonchev–Trinajstić information content (AvgIpc) is 3.57. The van der Waals surface area contributed by atoms with Crippen LogP contribution in [0.1, 0.15) is 62.1 Å². The summed E-state index contributed by atoms with van der Waals surface area (Å²) in [6.07, 6.45) is 8.38. The van der Waals surface area contributed by atoms with Crippen molar-refractivity contribution in [1.29, 1.82) is 0 Å². The van der Waals surface area contributed by atoms with Gasteiger partial charge < -0.3 is 14.3 Å². The van der Waals surface area contributed by atoms with E-state index >= 15 is 0 Å². The van der Waals surface area contributed by atoms with Crippen molar-refractivity contribution < 1.29 is 33.0 Å². The molecule has 4 aliphatic carbocycles. The highest BCUT2D eigenvalue weighted by atomic mass is 35.5. The minimum absolute atomic E-state index is 0.0201. The molecule has 0 bridgehead atoms. The van der Waals surface area contributed by atoms with Crippen LogP contribution in [0, 0.1) is 34.4 Å². The fraction of sp³-hybridized carbons (Fsp3) is 0.469. The van der Waals surface area contributed by atoms with Gasteiger partial charge in [-0.3, -0.25) is 9.59 Å². The lowest BCUT2D eigenvalue weighted by atomic mass is 9.46. The van der Waals surface area contributed by atoms with E-state index in [4.69, 9.17) is 32.4 Å². The van der Waals surface area contributed by atoms with Crippen molar-refractivity contribution >= 4 is 51.8 Å². The number of thioether (sulfide) groups is 1. The molecule has 0 spiro atoms. The van der Waals surface area contributed by atoms with Gasteiger partial charge in [0.1, 0.15) is 5.82 Å². The molecule has 3 saturated carbocycles. The number of hydrogen-bond acceptors (Lipinski definition) is 7. The molecule has 222 valence electrons. The molecule has 4 aliphatic rings. The van der Waals surface area contributed by atoms with E-state index in [1.807, 2.05) is 13.0 Å². The summed E-state index contributed by atoms with van der Waals surface area (Å²) < 4.78 is 25.7. The highest BCUT2D eigenvalue weighted by Gasteiger charge is 2.70. The topological polar surface area (TPSA) is 93.8 Å². The maximum absolute atomic E-state index is 14.3. The van der Waals surface area contributed by atoms with Gasteiger partial charge in [0, 0.05) is 27.5 Å². The summed E-state index contributed by atoms with van der Waals surface area (Å²) in [6, 6.07) is 5.56. The molecular weight excluding hydrogens is 602 g/mol. The van der Waals surface area contributed by atoms with Crippen LogP contribution in [-0.2, 0) is 20.1 Å². The zero-order chi connectivity index (χ0) is 30.0. The van der Waals surface area contributed by atoms with E-state index in [0.717, 1.165) is 30.2 Å². The Bertz CT molecular complexity index is 1520. The molecule has 0 saturated heterocycles. The maximum Gasteiger partial charge on any atom is 0.375 e. The Morgan fingerprint density at radius 1 is 1.21 bits per heavy atom. The second-order valence-corrected chi connectivity index (χ2v) is 14.1. The number of carbonyl (C=O) groups is 3. The van der Waals surface area contributed by atoms with E-state index in [2.05, 4.69) is 6.92 Å². The quantitative estimate of drug-likeness (QED) is 0.272. The molecule has 0 radical (unpaired) electrons. The predicted molar refractivity (Wildman–Crippen MR) is 158 cm³/mol. The van der Waals surface area contributed by atoms with Gasteiger partial charge in [0.05, 0.1) is 17.4 Å². The monoisotopic (exact) mass is 632 g/mol. The van der Waals surface area contributed by atoms with E-state index in [1.54, 1.807) is 18.2 Å². The SMILES string of the molecule is CC12C=CC(=O)C=C1CCC1C2[C@@H](O)CC2(C)C1CC[C@]2(OC(=O)c1ccco1)C(=O)SCc1cc(F)c(Cl)cc1Cl. The van der Waals surface area contributed by atoms with Gasteiger partial charge in [-0.25, -0.2) is 9.18 Å². The molecule has 1 heterocycles. The number of halogens is 3. The minimum Gasteiger partial charge on any atom is -0.457 e. The number of aliphatic hydroxyl groups excluding tert-OH is 1. The minimum atomic E-state index is -1.56. The van der Waals surface area contributed by atoms with Gasteiger partial charge in [-0.1, -0.05) is 60.5 Å². The molecule has 5 unspecified atom stereocenters. The summed E-state index contributed by atoms with van der Waals surface area (Å²) in [7, 11) is 0. The number of ketones is 1. The number of esters is 1. The Morgan fingerprint density at radius 3 is 2.74 bits per heavy atom. The Kier molecular flexibility index (Phi) is 7.52. The second kappa shape index (κ2) is 10.7. The summed E-state index contributed by atoms with van der Waals surface area (Å²) in [5.41, 5.74) is -1.50. The van der Waals surface area contributed by atoms with Crippen LogP contribution < -0.4 is 0 Å². The van der Waals surface area contributed by atoms with Crippen LogP contribution in [0.5, 0.6) is 0 Å². The largest absolute Gasteiger partial charge is 0.457 e. The van der Waals surface area contributed by atoms with Crippen LogP contribution in [0.25, 0.3) is 0 Å². The molecule has 1 aromatic carbocycles. The van der Waals surface area contributed by atoms with Gasteiger partial charge in [-0.15, -0.1) is 0 Å². The Morgan fingerprint density at radius 2 is 2.00 bits per heavy atom. The van der Waals surface area contributed by atoms with E-state index in [1.165, 1.54) is 24.5 Å². The fourth-order valence-corrected chi connectivity index (χ4v) is 10.1. The molecule has 1 aromatic heterocycles. The highest BCUT2D eigenvalue weighted by Crippen LogP contribution is 2.68. The first-order valence-corrected chi connectivity index (χ1v) is 15.8. The molecule has 1 N–H and O–H groups in total. The van der Waals surface area contributed by atoms with Crippen molar-refractivity contribution in [2.24, 2.45) is 28.6 Å². The lowest BCUT2D eigenvalue weighted by Gasteiger charge is -2.59. The number of carbonyl (C=O) groups excluding carboxylic acids is 3. The average molecular weight is 634 g/mol. The summed E-state index contributed by atoms with van der Waals surface area (Å²) in [4.78, 5) is 39.8. The predicted octanol–water partition coefficient (Wildman–Crippen LogP) is 7.36. The molecule has 10 heteroatoms.